The first-order valence-corrected chi connectivity index (χ1v) is 5.50. The van der Waals surface area contributed by atoms with E-state index in [9.17, 15) is 19.2 Å². The first kappa shape index (κ1) is 13.3. The van der Waals surface area contributed by atoms with Gasteiger partial charge < -0.3 is 0 Å². The summed E-state index contributed by atoms with van der Waals surface area (Å²) < 4.78 is 0. The van der Waals surface area contributed by atoms with Crippen LogP contribution in [0.3, 0.4) is 0 Å². The summed E-state index contributed by atoms with van der Waals surface area (Å²) in [6, 6.07) is -0.831. The van der Waals surface area contributed by atoms with Gasteiger partial charge in [-0.05, 0) is 12.8 Å². The van der Waals surface area contributed by atoms with Crippen LogP contribution in [0.5, 0.6) is 0 Å². The van der Waals surface area contributed by atoms with Crippen molar-refractivity contribution in [3.63, 3.8) is 0 Å². The van der Waals surface area contributed by atoms with Crippen molar-refractivity contribution in [2.24, 2.45) is 11.3 Å². The van der Waals surface area contributed by atoms with Crippen LogP contribution in [0.1, 0.15) is 33.6 Å². The second-order valence-corrected chi connectivity index (χ2v) is 4.40. The molecule has 0 radical (unpaired) electrons. The van der Waals surface area contributed by atoms with Gasteiger partial charge in [0.05, 0.1) is 0 Å². The van der Waals surface area contributed by atoms with Crippen molar-refractivity contribution in [3.05, 3.63) is 0 Å². The molecule has 0 aromatic rings. The Morgan fingerprint density at radius 3 is 2.06 bits per heavy atom. The van der Waals surface area contributed by atoms with Gasteiger partial charge in [0.15, 0.2) is 0 Å². The van der Waals surface area contributed by atoms with Gasteiger partial charge >= 0.3 is 6.03 Å². The molecule has 1 aliphatic heterocycles. The Morgan fingerprint density at radius 1 is 1.24 bits per heavy atom. The van der Waals surface area contributed by atoms with E-state index in [-0.39, 0.29) is 18.1 Å². The molecule has 4 amide bonds. The van der Waals surface area contributed by atoms with Crippen molar-refractivity contribution in [3.8, 4) is 0 Å². The van der Waals surface area contributed by atoms with Crippen LogP contribution in [-0.2, 0) is 14.4 Å². The van der Waals surface area contributed by atoms with E-state index >= 15 is 0 Å². The van der Waals surface area contributed by atoms with E-state index < -0.39 is 23.3 Å². The molecule has 0 aromatic carbocycles. The largest absolute Gasteiger partial charge is 0.328 e. The number of Topliss-reactive ketones (excluding diaryl/α,β-unsaturated/α-hetero) is 1. The standard InChI is InChI=1S/C11H16N2O4/c1-4-6(2)11(5-7(3)14)8(15)12-10(17)13-9(11)16/h6H,4-5H2,1-3H3,(H2,12,13,15,16,17)/t6-/m0/s1. The summed E-state index contributed by atoms with van der Waals surface area (Å²) in [5, 5.41) is 4.12. The highest BCUT2D eigenvalue weighted by atomic mass is 16.2. The molecule has 0 aromatic heterocycles. The third-order valence-electron chi connectivity index (χ3n) is 3.25. The summed E-state index contributed by atoms with van der Waals surface area (Å²) in [5.41, 5.74) is -1.46. The van der Waals surface area contributed by atoms with Gasteiger partial charge in [0.1, 0.15) is 11.2 Å². The molecule has 1 fully saturated rings. The van der Waals surface area contributed by atoms with Crippen molar-refractivity contribution < 1.29 is 19.2 Å². The second kappa shape index (κ2) is 4.65. The molecule has 0 spiro atoms. The fourth-order valence-corrected chi connectivity index (χ4v) is 2.09. The zero-order chi connectivity index (χ0) is 13.2. The Kier molecular flexibility index (Phi) is 3.65. The maximum Gasteiger partial charge on any atom is 0.328 e. The van der Waals surface area contributed by atoms with E-state index in [1.54, 1.807) is 6.92 Å². The highest BCUT2D eigenvalue weighted by molar-refractivity contribution is 6.20. The molecule has 17 heavy (non-hydrogen) atoms. The average molecular weight is 240 g/mol. The van der Waals surface area contributed by atoms with Crippen LogP contribution in [0.25, 0.3) is 0 Å². The van der Waals surface area contributed by atoms with Crippen LogP contribution in [0.15, 0.2) is 0 Å². The average Bonchev–Trinajstić information content (AvgIpc) is 2.22. The van der Waals surface area contributed by atoms with Gasteiger partial charge in [-0.1, -0.05) is 20.3 Å². The van der Waals surface area contributed by atoms with Crippen molar-refractivity contribution in [2.45, 2.75) is 33.6 Å². The summed E-state index contributed by atoms with van der Waals surface area (Å²) in [4.78, 5) is 46.1. The van der Waals surface area contributed by atoms with Crippen LogP contribution in [-0.4, -0.2) is 23.6 Å². The Balaban J connectivity index is 3.20. The smallest absolute Gasteiger partial charge is 0.300 e. The quantitative estimate of drug-likeness (QED) is 0.694. The molecular weight excluding hydrogens is 224 g/mol. The molecule has 1 heterocycles. The van der Waals surface area contributed by atoms with Crippen molar-refractivity contribution in [2.75, 3.05) is 0 Å². The molecular formula is C11H16N2O4. The number of carbonyl (C=O) groups is 4. The third kappa shape index (κ3) is 2.20. The van der Waals surface area contributed by atoms with Gasteiger partial charge in [-0.15, -0.1) is 0 Å². The number of ketones is 1. The molecule has 0 saturated carbocycles. The van der Waals surface area contributed by atoms with Crippen molar-refractivity contribution in [1.82, 2.24) is 10.6 Å². The maximum absolute atomic E-state index is 11.9. The number of hydrogen-bond acceptors (Lipinski definition) is 4. The molecule has 2 N–H and O–H groups in total. The van der Waals surface area contributed by atoms with Crippen LogP contribution in [0, 0.1) is 11.3 Å². The number of imide groups is 2. The normalized spacial score (nSPS) is 20.5. The number of rotatable bonds is 4. The zero-order valence-electron chi connectivity index (χ0n) is 10.1. The number of urea groups is 1. The highest BCUT2D eigenvalue weighted by Gasteiger charge is 2.53. The zero-order valence-corrected chi connectivity index (χ0v) is 10.1. The second-order valence-electron chi connectivity index (χ2n) is 4.40. The lowest BCUT2D eigenvalue weighted by molar-refractivity contribution is -0.151. The summed E-state index contributed by atoms with van der Waals surface area (Å²) in [5.74, 6) is -1.95. The van der Waals surface area contributed by atoms with Gasteiger partial charge in [-0.25, -0.2) is 4.79 Å². The van der Waals surface area contributed by atoms with Crippen LogP contribution < -0.4 is 10.6 Å². The van der Waals surface area contributed by atoms with E-state index in [1.165, 1.54) is 6.92 Å². The minimum absolute atomic E-state index is 0.188. The molecule has 0 unspecified atom stereocenters. The molecule has 1 atom stereocenters. The lowest BCUT2D eigenvalue weighted by Crippen LogP contribution is -2.65. The Morgan fingerprint density at radius 2 is 1.71 bits per heavy atom. The van der Waals surface area contributed by atoms with Crippen LogP contribution >= 0.6 is 0 Å². The fourth-order valence-electron chi connectivity index (χ4n) is 2.09. The van der Waals surface area contributed by atoms with E-state index in [2.05, 4.69) is 10.6 Å². The Hall–Kier alpha value is -1.72. The first-order valence-electron chi connectivity index (χ1n) is 5.50. The SMILES string of the molecule is CC[C@H](C)C1(CC(C)=O)C(=O)NC(=O)NC1=O. The van der Waals surface area contributed by atoms with Crippen molar-refractivity contribution in [1.29, 1.82) is 0 Å². The molecule has 6 nitrogen and oxygen atoms in total. The van der Waals surface area contributed by atoms with Crippen LogP contribution in [0.2, 0.25) is 0 Å². The predicted octanol–water partition coefficient (Wildman–Crippen LogP) is 0.364. The van der Waals surface area contributed by atoms with E-state index in [1.807, 2.05) is 6.92 Å². The third-order valence-corrected chi connectivity index (χ3v) is 3.25. The van der Waals surface area contributed by atoms with Crippen LogP contribution in [0.4, 0.5) is 4.79 Å². The van der Waals surface area contributed by atoms with Gasteiger partial charge in [-0.2, -0.15) is 0 Å². The molecule has 6 heteroatoms. The molecule has 1 aliphatic rings. The maximum atomic E-state index is 11.9. The first-order chi connectivity index (χ1) is 7.84. The lowest BCUT2D eigenvalue weighted by Gasteiger charge is -2.37. The lowest BCUT2D eigenvalue weighted by atomic mass is 9.69. The molecule has 1 rings (SSSR count). The topological polar surface area (TPSA) is 92.3 Å². The summed E-state index contributed by atoms with van der Waals surface area (Å²) >= 11 is 0. The number of nitrogens with one attached hydrogen (secondary N) is 2. The number of amides is 4. The van der Waals surface area contributed by atoms with E-state index in [0.717, 1.165) is 0 Å². The van der Waals surface area contributed by atoms with E-state index in [0.29, 0.717) is 6.42 Å². The number of carbonyl (C=O) groups excluding carboxylic acids is 4. The molecule has 94 valence electrons. The number of barbiturate groups is 1. The molecule has 0 bridgehead atoms. The van der Waals surface area contributed by atoms with Gasteiger partial charge in [0, 0.05) is 6.42 Å². The molecule has 0 aliphatic carbocycles. The summed E-state index contributed by atoms with van der Waals surface area (Å²) in [6.07, 6.45) is 0.370. The monoisotopic (exact) mass is 240 g/mol. The van der Waals surface area contributed by atoms with Crippen molar-refractivity contribution >= 4 is 23.6 Å². The van der Waals surface area contributed by atoms with Gasteiger partial charge in [0.25, 0.3) is 0 Å². The van der Waals surface area contributed by atoms with E-state index in [4.69, 9.17) is 0 Å². The predicted molar refractivity (Wildman–Crippen MR) is 58.9 cm³/mol. The Bertz CT molecular complexity index is 369. The minimum atomic E-state index is -1.46. The summed E-state index contributed by atoms with van der Waals surface area (Å²) in [7, 11) is 0. The van der Waals surface area contributed by atoms with Gasteiger partial charge in [-0.3, -0.25) is 25.0 Å². The minimum Gasteiger partial charge on any atom is -0.300 e. The molecule has 1 saturated heterocycles. The Labute approximate surface area is 99.1 Å². The van der Waals surface area contributed by atoms with Gasteiger partial charge in [0.2, 0.25) is 11.8 Å². The summed E-state index contributed by atoms with van der Waals surface area (Å²) in [6.45, 7) is 4.86. The number of hydrogen-bond donors (Lipinski definition) is 2. The highest BCUT2D eigenvalue weighted by Crippen LogP contribution is 2.36. The fraction of sp³-hybridized carbons (Fsp3) is 0.636.